The van der Waals surface area contributed by atoms with E-state index in [9.17, 15) is 4.79 Å². The van der Waals surface area contributed by atoms with Gasteiger partial charge in [-0.25, -0.2) is 0 Å². The fraction of sp³-hybridized carbons (Fsp3) is 0.562. The first-order valence-corrected chi connectivity index (χ1v) is 7.15. The number of hydrogen-bond acceptors (Lipinski definition) is 2. The van der Waals surface area contributed by atoms with Crippen LogP contribution in [0.25, 0.3) is 0 Å². The molecule has 104 valence electrons. The van der Waals surface area contributed by atoms with Crippen molar-refractivity contribution in [2.24, 2.45) is 5.92 Å². The van der Waals surface area contributed by atoms with Crippen molar-refractivity contribution in [2.75, 3.05) is 12.4 Å². The number of anilines is 1. The molecule has 0 atom stereocenters. The van der Waals surface area contributed by atoms with E-state index in [0.717, 1.165) is 11.3 Å². The Balaban J connectivity index is 1.85. The summed E-state index contributed by atoms with van der Waals surface area (Å²) in [7, 11) is 1.67. The van der Waals surface area contributed by atoms with Crippen molar-refractivity contribution in [3.63, 3.8) is 0 Å². The molecule has 1 aromatic rings. The second-order valence-corrected chi connectivity index (χ2v) is 5.39. The number of rotatable bonds is 5. The summed E-state index contributed by atoms with van der Waals surface area (Å²) in [5.74, 6) is 0.720. The van der Waals surface area contributed by atoms with E-state index in [1.165, 1.54) is 32.1 Å². The van der Waals surface area contributed by atoms with Gasteiger partial charge in [0.2, 0.25) is 5.91 Å². The number of amides is 1. The van der Waals surface area contributed by atoms with Gasteiger partial charge in [-0.3, -0.25) is 4.79 Å². The number of carbonyl (C=O) groups is 1. The van der Waals surface area contributed by atoms with E-state index in [1.807, 2.05) is 24.3 Å². The van der Waals surface area contributed by atoms with Gasteiger partial charge >= 0.3 is 0 Å². The number of benzene rings is 1. The van der Waals surface area contributed by atoms with Gasteiger partial charge in [0.1, 0.15) is 0 Å². The van der Waals surface area contributed by atoms with Crippen LogP contribution >= 0.6 is 0 Å². The Bertz CT molecular complexity index is 411. The van der Waals surface area contributed by atoms with Gasteiger partial charge in [0.15, 0.2) is 0 Å². The van der Waals surface area contributed by atoms with Crippen LogP contribution in [0.15, 0.2) is 24.3 Å². The maximum Gasteiger partial charge on any atom is 0.224 e. The van der Waals surface area contributed by atoms with Crippen LogP contribution in [0.4, 0.5) is 5.69 Å². The Morgan fingerprint density at radius 3 is 2.84 bits per heavy atom. The maximum absolute atomic E-state index is 12.0. The number of carbonyl (C=O) groups excluding carboxylic acids is 1. The molecule has 1 N–H and O–H groups in total. The minimum absolute atomic E-state index is 0.140. The molecule has 2 rings (SSSR count). The van der Waals surface area contributed by atoms with E-state index in [4.69, 9.17) is 4.74 Å². The van der Waals surface area contributed by atoms with E-state index < -0.39 is 0 Å². The normalized spacial score (nSPS) is 16.3. The Morgan fingerprint density at radius 1 is 1.32 bits per heavy atom. The maximum atomic E-state index is 12.0. The van der Waals surface area contributed by atoms with Gasteiger partial charge in [-0.2, -0.15) is 0 Å². The molecule has 0 spiro atoms. The topological polar surface area (TPSA) is 38.3 Å². The van der Waals surface area contributed by atoms with Crippen molar-refractivity contribution >= 4 is 11.6 Å². The molecular formula is C16H23NO2. The fourth-order valence-electron chi connectivity index (χ4n) is 2.77. The van der Waals surface area contributed by atoms with Crippen LogP contribution in [0, 0.1) is 5.92 Å². The van der Waals surface area contributed by atoms with Gasteiger partial charge in [-0.05, 0) is 36.5 Å². The predicted molar refractivity (Wildman–Crippen MR) is 77.0 cm³/mol. The van der Waals surface area contributed by atoms with Crippen molar-refractivity contribution < 1.29 is 9.53 Å². The molecule has 1 aliphatic rings. The molecule has 0 unspecified atom stereocenters. The van der Waals surface area contributed by atoms with Crippen molar-refractivity contribution in [3.05, 3.63) is 29.8 Å². The molecule has 1 aliphatic carbocycles. The zero-order valence-electron chi connectivity index (χ0n) is 11.7. The summed E-state index contributed by atoms with van der Waals surface area (Å²) < 4.78 is 5.10. The summed E-state index contributed by atoms with van der Waals surface area (Å²) in [5, 5.41) is 2.99. The van der Waals surface area contributed by atoms with E-state index in [1.54, 1.807) is 7.11 Å². The minimum Gasteiger partial charge on any atom is -0.380 e. The summed E-state index contributed by atoms with van der Waals surface area (Å²) in [6.07, 6.45) is 6.96. The standard InChI is InChI=1S/C16H23NO2/c1-19-12-14-8-5-9-15(10-14)17-16(18)11-13-6-3-2-4-7-13/h5,8-10,13H,2-4,6-7,11-12H2,1H3,(H,17,18). The number of nitrogens with one attached hydrogen (secondary N) is 1. The molecule has 0 heterocycles. The van der Waals surface area contributed by atoms with Crippen LogP contribution < -0.4 is 5.32 Å². The first-order valence-electron chi connectivity index (χ1n) is 7.15. The van der Waals surface area contributed by atoms with Crippen LogP contribution in [0.3, 0.4) is 0 Å². The van der Waals surface area contributed by atoms with Gasteiger partial charge in [0, 0.05) is 19.2 Å². The molecule has 0 aromatic heterocycles. The van der Waals surface area contributed by atoms with Gasteiger partial charge < -0.3 is 10.1 Å². The van der Waals surface area contributed by atoms with Gasteiger partial charge in [0.25, 0.3) is 0 Å². The third-order valence-corrected chi connectivity index (χ3v) is 3.72. The largest absolute Gasteiger partial charge is 0.380 e. The lowest BCUT2D eigenvalue weighted by atomic mass is 9.87. The second kappa shape index (κ2) is 7.29. The first kappa shape index (κ1) is 14.1. The fourth-order valence-corrected chi connectivity index (χ4v) is 2.77. The Kier molecular flexibility index (Phi) is 5.40. The minimum atomic E-state index is 0.140. The highest BCUT2D eigenvalue weighted by atomic mass is 16.5. The molecule has 19 heavy (non-hydrogen) atoms. The lowest BCUT2D eigenvalue weighted by Crippen LogP contribution is -2.18. The first-order chi connectivity index (χ1) is 9.28. The molecular weight excluding hydrogens is 238 g/mol. The zero-order valence-corrected chi connectivity index (χ0v) is 11.7. The average Bonchev–Trinajstić information content (AvgIpc) is 2.40. The highest BCUT2D eigenvalue weighted by Gasteiger charge is 2.16. The number of methoxy groups -OCH3 is 1. The second-order valence-electron chi connectivity index (χ2n) is 5.39. The van der Waals surface area contributed by atoms with Crippen molar-refractivity contribution in [1.29, 1.82) is 0 Å². The number of hydrogen-bond donors (Lipinski definition) is 1. The third-order valence-electron chi connectivity index (χ3n) is 3.72. The van der Waals surface area contributed by atoms with E-state index in [0.29, 0.717) is 18.9 Å². The lowest BCUT2D eigenvalue weighted by molar-refractivity contribution is -0.117. The van der Waals surface area contributed by atoms with Crippen molar-refractivity contribution in [1.82, 2.24) is 0 Å². The monoisotopic (exact) mass is 261 g/mol. The van der Waals surface area contributed by atoms with Crippen LogP contribution in [0.2, 0.25) is 0 Å². The molecule has 3 heteroatoms. The SMILES string of the molecule is COCc1cccc(NC(=O)CC2CCCCC2)c1. The van der Waals surface area contributed by atoms with Gasteiger partial charge in [0.05, 0.1) is 6.61 Å². The van der Waals surface area contributed by atoms with Gasteiger partial charge in [-0.15, -0.1) is 0 Å². The van der Waals surface area contributed by atoms with E-state index in [-0.39, 0.29) is 5.91 Å². The summed E-state index contributed by atoms with van der Waals surface area (Å²) in [6.45, 7) is 0.576. The molecule has 0 aliphatic heterocycles. The smallest absolute Gasteiger partial charge is 0.224 e. The van der Waals surface area contributed by atoms with Crippen LogP contribution in [0.1, 0.15) is 44.1 Å². The van der Waals surface area contributed by atoms with Crippen LogP contribution in [0.5, 0.6) is 0 Å². The molecule has 0 bridgehead atoms. The van der Waals surface area contributed by atoms with Gasteiger partial charge in [-0.1, -0.05) is 31.4 Å². The van der Waals surface area contributed by atoms with E-state index in [2.05, 4.69) is 5.32 Å². The Hall–Kier alpha value is -1.35. The quantitative estimate of drug-likeness (QED) is 0.876. The lowest BCUT2D eigenvalue weighted by Gasteiger charge is -2.20. The summed E-state index contributed by atoms with van der Waals surface area (Å²) in [6, 6.07) is 7.85. The highest BCUT2D eigenvalue weighted by Crippen LogP contribution is 2.26. The zero-order chi connectivity index (χ0) is 13.5. The summed E-state index contributed by atoms with van der Waals surface area (Å²) in [5.41, 5.74) is 1.95. The van der Waals surface area contributed by atoms with Crippen LogP contribution in [-0.4, -0.2) is 13.0 Å². The predicted octanol–water partition coefficient (Wildman–Crippen LogP) is 3.74. The molecule has 1 aromatic carbocycles. The Labute approximate surface area is 115 Å². The third kappa shape index (κ3) is 4.67. The Morgan fingerprint density at radius 2 is 2.11 bits per heavy atom. The molecule has 1 amide bonds. The van der Waals surface area contributed by atoms with Crippen LogP contribution in [-0.2, 0) is 16.1 Å². The number of ether oxygens (including phenoxy) is 1. The molecule has 1 saturated carbocycles. The van der Waals surface area contributed by atoms with Crippen molar-refractivity contribution in [3.8, 4) is 0 Å². The molecule has 3 nitrogen and oxygen atoms in total. The molecule has 0 saturated heterocycles. The summed E-state index contributed by atoms with van der Waals surface area (Å²) in [4.78, 5) is 12.0. The summed E-state index contributed by atoms with van der Waals surface area (Å²) >= 11 is 0. The average molecular weight is 261 g/mol. The highest BCUT2D eigenvalue weighted by molar-refractivity contribution is 5.90. The van der Waals surface area contributed by atoms with E-state index >= 15 is 0 Å². The van der Waals surface area contributed by atoms with Crippen molar-refractivity contribution in [2.45, 2.75) is 45.1 Å². The molecule has 1 fully saturated rings. The molecule has 0 radical (unpaired) electrons.